The van der Waals surface area contributed by atoms with E-state index in [1.807, 2.05) is 0 Å². The Morgan fingerprint density at radius 3 is 2.81 bits per heavy atom. The predicted molar refractivity (Wildman–Crippen MR) is 83.7 cm³/mol. The second-order valence-corrected chi connectivity index (χ2v) is 8.43. The highest BCUT2D eigenvalue weighted by Gasteiger charge is 2.54. The SMILES string of the molecule is NC1CCCC2=CCC3C4CC5OCCC5C4CCC3C21. The second kappa shape index (κ2) is 4.83. The standard InChI is InChI=1S/C19H29NO/c20-17-3-1-2-11-4-5-13-15(19(11)17)7-6-12-14-8-9-21-18(14)10-16(12)13/h4,12-19H,1-3,5-10,20H2. The summed E-state index contributed by atoms with van der Waals surface area (Å²) < 4.78 is 6.04. The molecule has 4 fully saturated rings. The largest absolute Gasteiger partial charge is 0.378 e. The lowest BCUT2D eigenvalue weighted by atomic mass is 9.55. The van der Waals surface area contributed by atoms with Gasteiger partial charge in [-0.05, 0) is 86.9 Å². The van der Waals surface area contributed by atoms with Crippen molar-refractivity contribution in [2.24, 2.45) is 41.2 Å². The van der Waals surface area contributed by atoms with Crippen molar-refractivity contribution in [1.82, 2.24) is 0 Å². The van der Waals surface area contributed by atoms with E-state index in [9.17, 15) is 0 Å². The first-order valence-corrected chi connectivity index (χ1v) is 9.39. The summed E-state index contributed by atoms with van der Waals surface area (Å²) in [5.41, 5.74) is 8.30. The molecule has 2 heteroatoms. The van der Waals surface area contributed by atoms with Crippen molar-refractivity contribution in [3.8, 4) is 0 Å². The molecule has 0 aromatic rings. The normalized spacial score (nSPS) is 55.2. The molecule has 0 radical (unpaired) electrons. The van der Waals surface area contributed by atoms with E-state index in [4.69, 9.17) is 10.5 Å². The van der Waals surface area contributed by atoms with Crippen LogP contribution in [0.25, 0.3) is 0 Å². The number of fused-ring (bicyclic) bond motifs is 7. The molecule has 2 nitrogen and oxygen atoms in total. The maximum Gasteiger partial charge on any atom is 0.0609 e. The van der Waals surface area contributed by atoms with Crippen molar-refractivity contribution in [1.29, 1.82) is 0 Å². The summed E-state index contributed by atoms with van der Waals surface area (Å²) in [6.07, 6.45) is 14.1. The molecule has 1 aliphatic heterocycles. The third kappa shape index (κ3) is 1.84. The highest BCUT2D eigenvalue weighted by molar-refractivity contribution is 5.20. The molecule has 8 atom stereocenters. The molecule has 2 N–H and O–H groups in total. The van der Waals surface area contributed by atoms with Gasteiger partial charge in [-0.3, -0.25) is 0 Å². The summed E-state index contributed by atoms with van der Waals surface area (Å²) in [5, 5.41) is 0. The van der Waals surface area contributed by atoms with Gasteiger partial charge in [-0.15, -0.1) is 0 Å². The fourth-order valence-electron chi connectivity index (χ4n) is 7.07. The molecule has 5 rings (SSSR count). The topological polar surface area (TPSA) is 35.2 Å². The molecule has 1 heterocycles. The van der Waals surface area contributed by atoms with Gasteiger partial charge in [-0.25, -0.2) is 0 Å². The van der Waals surface area contributed by atoms with Crippen LogP contribution in [0.3, 0.4) is 0 Å². The minimum Gasteiger partial charge on any atom is -0.378 e. The zero-order chi connectivity index (χ0) is 14.0. The average Bonchev–Trinajstić information content (AvgIpc) is 3.07. The van der Waals surface area contributed by atoms with Crippen LogP contribution in [0.15, 0.2) is 11.6 Å². The Morgan fingerprint density at radius 1 is 0.952 bits per heavy atom. The number of rotatable bonds is 0. The predicted octanol–water partition coefficient (Wildman–Crippen LogP) is 3.51. The van der Waals surface area contributed by atoms with Gasteiger partial charge in [0.25, 0.3) is 0 Å². The van der Waals surface area contributed by atoms with Gasteiger partial charge >= 0.3 is 0 Å². The Kier molecular flexibility index (Phi) is 3.02. The van der Waals surface area contributed by atoms with Crippen LogP contribution in [0.4, 0.5) is 0 Å². The van der Waals surface area contributed by atoms with E-state index < -0.39 is 0 Å². The van der Waals surface area contributed by atoms with Gasteiger partial charge in [0.2, 0.25) is 0 Å². The van der Waals surface area contributed by atoms with Gasteiger partial charge in [-0.2, -0.15) is 0 Å². The van der Waals surface area contributed by atoms with Crippen LogP contribution >= 0.6 is 0 Å². The molecule has 1 saturated heterocycles. The Bertz CT molecular complexity index is 458. The lowest BCUT2D eigenvalue weighted by molar-refractivity contribution is 0.0408. The van der Waals surface area contributed by atoms with Crippen LogP contribution in [0, 0.1) is 35.5 Å². The quantitative estimate of drug-likeness (QED) is 0.692. The molecule has 0 bridgehead atoms. The Morgan fingerprint density at radius 2 is 1.86 bits per heavy atom. The summed E-state index contributed by atoms with van der Waals surface area (Å²) in [7, 11) is 0. The summed E-state index contributed by atoms with van der Waals surface area (Å²) in [6.45, 7) is 1.03. The minimum absolute atomic E-state index is 0.450. The third-order valence-electron chi connectivity index (χ3n) is 7.80. The molecule has 5 aliphatic rings. The molecule has 0 aromatic heterocycles. The van der Waals surface area contributed by atoms with Crippen molar-refractivity contribution < 1.29 is 4.74 Å². The van der Waals surface area contributed by atoms with Crippen LogP contribution in [0.5, 0.6) is 0 Å². The van der Waals surface area contributed by atoms with Crippen molar-refractivity contribution in [2.45, 2.75) is 63.5 Å². The zero-order valence-electron chi connectivity index (χ0n) is 13.0. The smallest absolute Gasteiger partial charge is 0.0609 e. The summed E-state index contributed by atoms with van der Waals surface area (Å²) in [4.78, 5) is 0. The molecule has 0 spiro atoms. The van der Waals surface area contributed by atoms with Gasteiger partial charge < -0.3 is 10.5 Å². The number of allylic oxidation sites excluding steroid dienone is 1. The van der Waals surface area contributed by atoms with E-state index in [1.165, 1.54) is 51.4 Å². The van der Waals surface area contributed by atoms with Gasteiger partial charge in [0.1, 0.15) is 0 Å². The van der Waals surface area contributed by atoms with Gasteiger partial charge in [-0.1, -0.05) is 11.6 Å². The molecule has 116 valence electrons. The van der Waals surface area contributed by atoms with Crippen LogP contribution in [0.2, 0.25) is 0 Å². The molecule has 3 saturated carbocycles. The molecule has 4 aliphatic carbocycles. The highest BCUT2D eigenvalue weighted by Crippen LogP contribution is 2.59. The van der Waals surface area contributed by atoms with Crippen molar-refractivity contribution in [3.05, 3.63) is 11.6 Å². The Balaban J connectivity index is 1.44. The first-order valence-electron chi connectivity index (χ1n) is 9.39. The van der Waals surface area contributed by atoms with E-state index in [0.717, 1.165) is 42.1 Å². The fourth-order valence-corrected chi connectivity index (χ4v) is 7.07. The number of nitrogens with two attached hydrogens (primary N) is 1. The molecular formula is C19H29NO. The second-order valence-electron chi connectivity index (χ2n) is 8.43. The Labute approximate surface area is 128 Å². The number of hydrogen-bond acceptors (Lipinski definition) is 2. The van der Waals surface area contributed by atoms with Crippen LogP contribution < -0.4 is 5.73 Å². The van der Waals surface area contributed by atoms with Gasteiger partial charge in [0.05, 0.1) is 6.10 Å². The van der Waals surface area contributed by atoms with E-state index >= 15 is 0 Å². The molecule has 0 aromatic carbocycles. The molecule has 0 amide bonds. The highest BCUT2D eigenvalue weighted by atomic mass is 16.5. The van der Waals surface area contributed by atoms with Crippen LogP contribution in [0.1, 0.15) is 51.4 Å². The van der Waals surface area contributed by atoms with Crippen LogP contribution in [-0.2, 0) is 4.74 Å². The van der Waals surface area contributed by atoms with E-state index in [2.05, 4.69) is 6.08 Å². The zero-order valence-corrected chi connectivity index (χ0v) is 13.0. The van der Waals surface area contributed by atoms with E-state index in [-0.39, 0.29) is 0 Å². The first kappa shape index (κ1) is 13.1. The third-order valence-corrected chi connectivity index (χ3v) is 7.80. The minimum atomic E-state index is 0.450. The van der Waals surface area contributed by atoms with Crippen molar-refractivity contribution >= 4 is 0 Å². The molecule has 21 heavy (non-hydrogen) atoms. The van der Waals surface area contributed by atoms with E-state index in [1.54, 1.807) is 5.57 Å². The van der Waals surface area contributed by atoms with E-state index in [0.29, 0.717) is 12.1 Å². The molecule has 8 unspecified atom stereocenters. The maximum absolute atomic E-state index is 6.56. The van der Waals surface area contributed by atoms with Crippen molar-refractivity contribution in [3.63, 3.8) is 0 Å². The summed E-state index contributed by atoms with van der Waals surface area (Å²) in [5.74, 6) is 5.40. The van der Waals surface area contributed by atoms with Gasteiger partial charge in [0, 0.05) is 12.6 Å². The fraction of sp³-hybridized carbons (Fsp3) is 0.895. The van der Waals surface area contributed by atoms with Crippen molar-refractivity contribution in [2.75, 3.05) is 6.61 Å². The number of ether oxygens (including phenoxy) is 1. The molecular weight excluding hydrogens is 258 g/mol. The maximum atomic E-state index is 6.56. The Hall–Kier alpha value is -0.340. The number of hydrogen-bond donors (Lipinski definition) is 1. The monoisotopic (exact) mass is 287 g/mol. The lowest BCUT2D eigenvalue weighted by Crippen LogP contribution is -2.47. The van der Waals surface area contributed by atoms with Crippen LogP contribution in [-0.4, -0.2) is 18.8 Å². The lowest BCUT2D eigenvalue weighted by Gasteiger charge is -2.50. The summed E-state index contributed by atoms with van der Waals surface area (Å²) in [6, 6.07) is 0.450. The summed E-state index contributed by atoms with van der Waals surface area (Å²) >= 11 is 0. The average molecular weight is 287 g/mol. The first-order chi connectivity index (χ1) is 10.3. The van der Waals surface area contributed by atoms with Gasteiger partial charge in [0.15, 0.2) is 0 Å².